The van der Waals surface area contributed by atoms with Crippen LogP contribution >= 0.6 is 0 Å². The number of fused-ring (bicyclic) bond motifs is 2. The third-order valence-electron chi connectivity index (χ3n) is 6.10. The number of nitrogens with one attached hydrogen (secondary N) is 2. The standard InChI is InChI=1S/C27H21N7O/c1-17(33-26-24-25(30-15-29-24)31-16-32-26)22-14-19-6-5-9-21(18-10-12-28-13-11-18)23(19)27(35)34(22)20-7-3-2-4-8-20/h2-17H,1H3,(H2,29,30,31,32,33)/t17-/m0/s1. The summed E-state index contributed by atoms with van der Waals surface area (Å²) in [6.07, 6.45) is 6.55. The number of aromatic amines is 1. The molecule has 0 aliphatic heterocycles. The predicted molar refractivity (Wildman–Crippen MR) is 136 cm³/mol. The van der Waals surface area contributed by atoms with Gasteiger partial charge in [-0.15, -0.1) is 0 Å². The van der Waals surface area contributed by atoms with Gasteiger partial charge in [0.25, 0.3) is 5.56 Å². The Morgan fingerprint density at radius 3 is 2.60 bits per heavy atom. The number of para-hydroxylation sites is 1. The largest absolute Gasteiger partial charge is 0.360 e. The number of rotatable bonds is 5. The Labute approximate surface area is 200 Å². The second kappa shape index (κ2) is 8.49. The van der Waals surface area contributed by atoms with E-state index in [9.17, 15) is 4.79 Å². The quantitative estimate of drug-likeness (QED) is 0.381. The molecule has 170 valence electrons. The second-order valence-electron chi connectivity index (χ2n) is 8.24. The van der Waals surface area contributed by atoms with Crippen molar-refractivity contribution in [3.05, 3.63) is 108 Å². The summed E-state index contributed by atoms with van der Waals surface area (Å²) in [5, 5.41) is 4.96. The average Bonchev–Trinajstić information content (AvgIpc) is 3.39. The molecule has 1 atom stereocenters. The van der Waals surface area contributed by atoms with Crippen LogP contribution in [0.1, 0.15) is 18.7 Å². The molecule has 0 bridgehead atoms. The van der Waals surface area contributed by atoms with Gasteiger partial charge in [-0.1, -0.05) is 36.4 Å². The normalized spacial score (nSPS) is 12.1. The van der Waals surface area contributed by atoms with Crippen molar-refractivity contribution in [3.63, 3.8) is 0 Å². The first-order chi connectivity index (χ1) is 17.2. The van der Waals surface area contributed by atoms with Crippen molar-refractivity contribution in [2.45, 2.75) is 13.0 Å². The lowest BCUT2D eigenvalue weighted by molar-refractivity contribution is 0.774. The zero-order valence-corrected chi connectivity index (χ0v) is 18.9. The van der Waals surface area contributed by atoms with E-state index in [1.165, 1.54) is 6.33 Å². The van der Waals surface area contributed by atoms with Gasteiger partial charge in [-0.2, -0.15) is 0 Å². The Morgan fingerprint density at radius 1 is 0.943 bits per heavy atom. The minimum atomic E-state index is -0.258. The molecule has 8 heteroatoms. The molecule has 0 aliphatic carbocycles. The molecular formula is C27H21N7O. The molecule has 0 spiro atoms. The fourth-order valence-corrected chi connectivity index (χ4v) is 4.47. The van der Waals surface area contributed by atoms with E-state index in [0.29, 0.717) is 22.4 Å². The maximum Gasteiger partial charge on any atom is 0.263 e. The molecule has 0 radical (unpaired) electrons. The van der Waals surface area contributed by atoms with Crippen molar-refractivity contribution in [1.82, 2.24) is 29.5 Å². The van der Waals surface area contributed by atoms with Crippen molar-refractivity contribution in [1.29, 1.82) is 0 Å². The predicted octanol–water partition coefficient (Wildman–Crippen LogP) is 4.89. The number of pyridine rings is 2. The van der Waals surface area contributed by atoms with Gasteiger partial charge in [0, 0.05) is 23.8 Å². The highest BCUT2D eigenvalue weighted by Gasteiger charge is 2.20. The van der Waals surface area contributed by atoms with E-state index in [-0.39, 0.29) is 11.6 Å². The third-order valence-corrected chi connectivity index (χ3v) is 6.10. The van der Waals surface area contributed by atoms with Crippen LogP contribution in [0.15, 0.2) is 96.6 Å². The Hall–Kier alpha value is -4.85. The summed E-state index contributed by atoms with van der Waals surface area (Å²) in [5.74, 6) is 0.599. The van der Waals surface area contributed by atoms with Crippen molar-refractivity contribution in [2.75, 3.05) is 5.32 Å². The zero-order chi connectivity index (χ0) is 23.8. The smallest absolute Gasteiger partial charge is 0.263 e. The van der Waals surface area contributed by atoms with Crippen LogP contribution < -0.4 is 10.9 Å². The highest BCUT2D eigenvalue weighted by atomic mass is 16.1. The number of anilines is 1. The second-order valence-corrected chi connectivity index (χ2v) is 8.24. The van der Waals surface area contributed by atoms with Gasteiger partial charge in [0.2, 0.25) is 0 Å². The van der Waals surface area contributed by atoms with Crippen LogP contribution in [0.25, 0.3) is 38.8 Å². The lowest BCUT2D eigenvalue weighted by atomic mass is 9.98. The maximum absolute atomic E-state index is 14.1. The number of hydrogen-bond donors (Lipinski definition) is 2. The van der Waals surface area contributed by atoms with Gasteiger partial charge in [-0.3, -0.25) is 14.3 Å². The van der Waals surface area contributed by atoms with E-state index < -0.39 is 0 Å². The lowest BCUT2D eigenvalue weighted by Crippen LogP contribution is -2.26. The Bertz CT molecular complexity index is 1710. The fraction of sp³-hybridized carbons (Fsp3) is 0.0741. The highest BCUT2D eigenvalue weighted by molar-refractivity contribution is 5.96. The first-order valence-electron chi connectivity index (χ1n) is 11.3. The molecule has 0 amide bonds. The number of imidazole rings is 1. The van der Waals surface area contributed by atoms with Gasteiger partial charge in [0.1, 0.15) is 11.8 Å². The van der Waals surface area contributed by atoms with Gasteiger partial charge in [0.15, 0.2) is 11.5 Å². The molecular weight excluding hydrogens is 438 g/mol. The summed E-state index contributed by atoms with van der Waals surface area (Å²) in [6.45, 7) is 2.01. The molecule has 8 nitrogen and oxygen atoms in total. The van der Waals surface area contributed by atoms with E-state index in [2.05, 4.69) is 36.3 Å². The third kappa shape index (κ3) is 3.61. The van der Waals surface area contributed by atoms with E-state index in [4.69, 9.17) is 0 Å². The van der Waals surface area contributed by atoms with Crippen molar-refractivity contribution in [3.8, 4) is 16.8 Å². The van der Waals surface area contributed by atoms with Gasteiger partial charge in [-0.25, -0.2) is 15.0 Å². The topological polar surface area (TPSA) is 101 Å². The monoisotopic (exact) mass is 459 g/mol. The number of hydrogen-bond acceptors (Lipinski definition) is 6. The first-order valence-corrected chi connectivity index (χ1v) is 11.3. The van der Waals surface area contributed by atoms with E-state index in [1.807, 2.05) is 67.6 Å². The number of benzene rings is 2. The van der Waals surface area contributed by atoms with Crippen LogP contribution in [0.3, 0.4) is 0 Å². The first kappa shape index (κ1) is 20.7. The van der Waals surface area contributed by atoms with Crippen LogP contribution in [-0.4, -0.2) is 29.5 Å². The number of aromatic nitrogens is 6. The van der Waals surface area contributed by atoms with Crippen LogP contribution in [-0.2, 0) is 0 Å². The highest BCUT2D eigenvalue weighted by Crippen LogP contribution is 2.30. The molecule has 35 heavy (non-hydrogen) atoms. The summed E-state index contributed by atoms with van der Waals surface area (Å²) < 4.78 is 1.77. The van der Waals surface area contributed by atoms with Crippen molar-refractivity contribution >= 4 is 27.8 Å². The number of nitrogens with zero attached hydrogens (tertiary/aromatic N) is 5. The van der Waals surface area contributed by atoms with Crippen molar-refractivity contribution in [2.24, 2.45) is 0 Å². The summed E-state index contributed by atoms with van der Waals surface area (Å²) in [6, 6.07) is 21.3. The summed E-state index contributed by atoms with van der Waals surface area (Å²) in [4.78, 5) is 34.2. The summed E-state index contributed by atoms with van der Waals surface area (Å²) in [5.41, 5.74) is 4.63. The molecule has 4 heterocycles. The van der Waals surface area contributed by atoms with Gasteiger partial charge >= 0.3 is 0 Å². The van der Waals surface area contributed by atoms with Crippen LogP contribution in [0, 0.1) is 0 Å². The van der Waals surface area contributed by atoms with E-state index in [0.717, 1.165) is 27.9 Å². The average molecular weight is 460 g/mol. The molecule has 0 unspecified atom stereocenters. The molecule has 0 saturated carbocycles. The fourth-order valence-electron chi connectivity index (χ4n) is 4.47. The zero-order valence-electron chi connectivity index (χ0n) is 18.9. The van der Waals surface area contributed by atoms with Crippen LogP contribution in [0.5, 0.6) is 0 Å². The number of H-pyrrole nitrogens is 1. The minimum absolute atomic E-state index is 0.0858. The van der Waals surface area contributed by atoms with E-state index in [1.54, 1.807) is 23.3 Å². The Balaban J connectivity index is 1.58. The van der Waals surface area contributed by atoms with Crippen LogP contribution in [0.4, 0.5) is 5.82 Å². The summed E-state index contributed by atoms with van der Waals surface area (Å²) >= 11 is 0. The van der Waals surface area contributed by atoms with Gasteiger partial charge in [-0.05, 0) is 53.8 Å². The molecule has 4 aromatic heterocycles. The van der Waals surface area contributed by atoms with Crippen molar-refractivity contribution < 1.29 is 0 Å². The van der Waals surface area contributed by atoms with Crippen LogP contribution in [0.2, 0.25) is 0 Å². The van der Waals surface area contributed by atoms with Gasteiger partial charge in [0.05, 0.1) is 17.8 Å². The molecule has 0 aliphatic rings. The minimum Gasteiger partial charge on any atom is -0.360 e. The lowest BCUT2D eigenvalue weighted by Gasteiger charge is -2.22. The Kier molecular flexibility index (Phi) is 5.03. The molecule has 2 aromatic carbocycles. The van der Waals surface area contributed by atoms with Gasteiger partial charge < -0.3 is 10.3 Å². The molecule has 6 aromatic rings. The molecule has 2 N–H and O–H groups in total. The molecule has 0 saturated heterocycles. The van der Waals surface area contributed by atoms with E-state index >= 15 is 0 Å². The Morgan fingerprint density at radius 2 is 1.77 bits per heavy atom. The molecule has 6 rings (SSSR count). The summed E-state index contributed by atoms with van der Waals surface area (Å²) in [7, 11) is 0. The SMILES string of the molecule is C[C@H](Nc1ncnc2[nH]cnc12)c1cc2cccc(-c3ccncc3)c2c(=O)n1-c1ccccc1. The maximum atomic E-state index is 14.1. The molecule has 0 fully saturated rings.